The number of amides is 2. The Morgan fingerprint density at radius 2 is 1.94 bits per heavy atom. The monoisotopic (exact) mass is 254 g/mol. The fourth-order valence-corrected chi connectivity index (χ4v) is 1.60. The van der Waals surface area contributed by atoms with Gasteiger partial charge in [-0.1, -0.05) is 0 Å². The number of carbonyl (C=O) groups is 2. The van der Waals surface area contributed by atoms with E-state index in [9.17, 15) is 18.4 Å². The zero-order chi connectivity index (χ0) is 13.4. The molecule has 0 aromatic heterocycles. The van der Waals surface area contributed by atoms with Crippen molar-refractivity contribution in [3.05, 3.63) is 23.8 Å². The Labute approximate surface area is 99.7 Å². The standard InChI is InChI=1S/C10H8F2N4O2/c11-3-1-4(12)6-5(2-3)15-7(9(13)17)8(16-6)10(14)18/h1-2,8,16H,(H2,13,17)(H2,14,18). The molecule has 18 heavy (non-hydrogen) atoms. The molecular formula is C10H8F2N4O2. The van der Waals surface area contributed by atoms with Crippen molar-refractivity contribution < 1.29 is 18.4 Å². The van der Waals surface area contributed by atoms with Gasteiger partial charge in [-0.25, -0.2) is 13.8 Å². The summed E-state index contributed by atoms with van der Waals surface area (Å²) in [4.78, 5) is 25.9. The lowest BCUT2D eigenvalue weighted by atomic mass is 10.1. The van der Waals surface area contributed by atoms with Gasteiger partial charge in [-0.05, 0) is 0 Å². The van der Waals surface area contributed by atoms with Crippen LogP contribution in [0.2, 0.25) is 0 Å². The molecule has 6 nitrogen and oxygen atoms in total. The van der Waals surface area contributed by atoms with E-state index in [1.807, 2.05) is 0 Å². The van der Waals surface area contributed by atoms with Crippen LogP contribution in [-0.4, -0.2) is 23.6 Å². The average Bonchev–Trinajstić information content (AvgIpc) is 2.26. The van der Waals surface area contributed by atoms with Gasteiger partial charge in [-0.15, -0.1) is 0 Å². The van der Waals surface area contributed by atoms with Crippen LogP contribution in [0.5, 0.6) is 0 Å². The summed E-state index contributed by atoms with van der Waals surface area (Å²) in [6.07, 6.45) is 0. The first kappa shape index (κ1) is 12.0. The highest BCUT2D eigenvalue weighted by molar-refractivity contribution is 6.46. The number of halogens is 2. The third-order valence-corrected chi connectivity index (χ3v) is 2.37. The number of nitrogens with zero attached hydrogens (tertiary/aromatic N) is 1. The molecule has 0 aliphatic carbocycles. The van der Waals surface area contributed by atoms with E-state index in [4.69, 9.17) is 11.5 Å². The lowest BCUT2D eigenvalue weighted by Gasteiger charge is -2.23. The molecule has 1 atom stereocenters. The number of primary amides is 2. The van der Waals surface area contributed by atoms with Crippen LogP contribution in [-0.2, 0) is 9.59 Å². The van der Waals surface area contributed by atoms with Crippen molar-refractivity contribution >= 4 is 28.9 Å². The van der Waals surface area contributed by atoms with Crippen LogP contribution in [0.4, 0.5) is 20.2 Å². The van der Waals surface area contributed by atoms with Gasteiger partial charge in [0.15, 0.2) is 11.9 Å². The van der Waals surface area contributed by atoms with Crippen molar-refractivity contribution in [3.8, 4) is 0 Å². The molecule has 1 heterocycles. The Kier molecular flexibility index (Phi) is 2.70. The minimum atomic E-state index is -1.34. The van der Waals surface area contributed by atoms with Crippen LogP contribution in [0.3, 0.4) is 0 Å². The number of nitrogens with two attached hydrogens (primary N) is 2. The van der Waals surface area contributed by atoms with E-state index in [1.54, 1.807) is 0 Å². The van der Waals surface area contributed by atoms with E-state index in [0.29, 0.717) is 6.07 Å². The molecule has 2 rings (SSSR count). The van der Waals surface area contributed by atoms with Crippen LogP contribution in [0, 0.1) is 11.6 Å². The smallest absolute Gasteiger partial charge is 0.265 e. The Balaban J connectivity index is 2.61. The van der Waals surface area contributed by atoms with Crippen LogP contribution < -0.4 is 16.8 Å². The van der Waals surface area contributed by atoms with Gasteiger partial charge in [0, 0.05) is 12.1 Å². The first-order valence-corrected chi connectivity index (χ1v) is 4.83. The summed E-state index contributed by atoms with van der Waals surface area (Å²) in [7, 11) is 0. The molecule has 1 aromatic carbocycles. The second-order valence-corrected chi connectivity index (χ2v) is 3.62. The second-order valence-electron chi connectivity index (χ2n) is 3.62. The zero-order valence-corrected chi connectivity index (χ0v) is 8.91. The lowest BCUT2D eigenvalue weighted by Crippen LogP contribution is -2.48. The van der Waals surface area contributed by atoms with Crippen LogP contribution >= 0.6 is 0 Å². The number of benzene rings is 1. The molecule has 0 spiro atoms. The Hall–Kier alpha value is -2.51. The Morgan fingerprint density at radius 3 is 2.50 bits per heavy atom. The Bertz CT molecular complexity index is 585. The van der Waals surface area contributed by atoms with Crippen molar-refractivity contribution in [1.29, 1.82) is 0 Å². The fraction of sp³-hybridized carbons (Fsp3) is 0.100. The summed E-state index contributed by atoms with van der Waals surface area (Å²) in [5.74, 6) is -3.75. The van der Waals surface area contributed by atoms with E-state index >= 15 is 0 Å². The van der Waals surface area contributed by atoms with Crippen LogP contribution in [0.15, 0.2) is 17.1 Å². The van der Waals surface area contributed by atoms with Gasteiger partial charge in [0.1, 0.15) is 11.5 Å². The van der Waals surface area contributed by atoms with E-state index in [2.05, 4.69) is 10.3 Å². The molecule has 5 N–H and O–H groups in total. The number of hydrogen-bond donors (Lipinski definition) is 3. The molecule has 8 heteroatoms. The van der Waals surface area contributed by atoms with Crippen molar-refractivity contribution in [3.63, 3.8) is 0 Å². The summed E-state index contributed by atoms with van der Waals surface area (Å²) in [6, 6.07) is 0.190. The molecular weight excluding hydrogens is 246 g/mol. The molecule has 0 radical (unpaired) electrons. The number of rotatable bonds is 2. The summed E-state index contributed by atoms with van der Waals surface area (Å²) in [6.45, 7) is 0. The van der Waals surface area contributed by atoms with Crippen molar-refractivity contribution in [2.75, 3.05) is 5.32 Å². The number of hydrogen-bond acceptors (Lipinski definition) is 4. The van der Waals surface area contributed by atoms with Crippen molar-refractivity contribution in [1.82, 2.24) is 0 Å². The van der Waals surface area contributed by atoms with Gasteiger partial charge in [-0.2, -0.15) is 0 Å². The molecule has 1 aromatic rings. The Morgan fingerprint density at radius 1 is 1.28 bits per heavy atom. The predicted octanol–water partition coefficient (Wildman–Crippen LogP) is -0.198. The third-order valence-electron chi connectivity index (χ3n) is 2.37. The molecule has 94 valence electrons. The highest BCUT2D eigenvalue weighted by Crippen LogP contribution is 2.33. The average molecular weight is 254 g/mol. The normalized spacial score (nSPS) is 17.4. The highest BCUT2D eigenvalue weighted by Gasteiger charge is 2.32. The fourth-order valence-electron chi connectivity index (χ4n) is 1.60. The molecule has 1 unspecified atom stereocenters. The topological polar surface area (TPSA) is 111 Å². The third kappa shape index (κ3) is 1.88. The van der Waals surface area contributed by atoms with E-state index in [1.165, 1.54) is 0 Å². The van der Waals surface area contributed by atoms with Gasteiger partial charge in [0.25, 0.3) is 5.91 Å². The minimum Gasteiger partial charge on any atom is -0.368 e. The summed E-state index contributed by atoms with van der Waals surface area (Å²) in [5.41, 5.74) is 9.32. The summed E-state index contributed by atoms with van der Waals surface area (Å²) >= 11 is 0. The number of fused-ring (bicyclic) bond motifs is 1. The number of nitrogens with one attached hydrogen (secondary N) is 1. The summed E-state index contributed by atoms with van der Waals surface area (Å²) < 4.78 is 26.5. The van der Waals surface area contributed by atoms with Crippen LogP contribution in [0.1, 0.15) is 0 Å². The highest BCUT2D eigenvalue weighted by atomic mass is 19.1. The molecule has 0 bridgehead atoms. The first-order chi connectivity index (χ1) is 8.40. The van der Waals surface area contributed by atoms with Gasteiger partial charge in [0.2, 0.25) is 5.91 Å². The van der Waals surface area contributed by atoms with Crippen molar-refractivity contribution in [2.45, 2.75) is 6.04 Å². The SMILES string of the molecule is NC(=O)C1=Nc2cc(F)cc(F)c2NC1C(N)=O. The summed E-state index contributed by atoms with van der Waals surface area (Å²) in [5, 5.41) is 2.38. The molecule has 2 amide bonds. The number of carbonyl (C=O) groups excluding carboxylic acids is 2. The molecule has 0 saturated carbocycles. The molecule has 1 aliphatic rings. The van der Waals surface area contributed by atoms with E-state index < -0.39 is 29.5 Å². The lowest BCUT2D eigenvalue weighted by molar-refractivity contribution is -0.118. The molecule has 1 aliphatic heterocycles. The van der Waals surface area contributed by atoms with E-state index in [-0.39, 0.29) is 17.1 Å². The quantitative estimate of drug-likeness (QED) is 0.679. The van der Waals surface area contributed by atoms with Crippen LogP contribution in [0.25, 0.3) is 0 Å². The largest absolute Gasteiger partial charge is 0.368 e. The second kappa shape index (κ2) is 4.06. The van der Waals surface area contributed by atoms with Gasteiger partial charge in [-0.3, -0.25) is 9.59 Å². The van der Waals surface area contributed by atoms with Crippen molar-refractivity contribution in [2.24, 2.45) is 16.5 Å². The van der Waals surface area contributed by atoms with E-state index in [0.717, 1.165) is 6.07 Å². The van der Waals surface area contributed by atoms with Gasteiger partial charge >= 0.3 is 0 Å². The zero-order valence-electron chi connectivity index (χ0n) is 8.91. The first-order valence-electron chi connectivity index (χ1n) is 4.83. The maximum atomic E-state index is 13.5. The van der Waals surface area contributed by atoms with Gasteiger partial charge in [0.05, 0.1) is 11.4 Å². The maximum absolute atomic E-state index is 13.5. The maximum Gasteiger partial charge on any atom is 0.265 e. The number of aliphatic imine (C=N–C) groups is 1. The van der Waals surface area contributed by atoms with Gasteiger partial charge < -0.3 is 16.8 Å². The molecule has 0 fully saturated rings. The predicted molar refractivity (Wildman–Crippen MR) is 59.3 cm³/mol. The number of anilines is 1. The minimum absolute atomic E-state index is 0.154. The molecule has 0 saturated heterocycles.